The number of amides is 1. The first-order valence-electron chi connectivity index (χ1n) is 7.33. The van der Waals surface area contributed by atoms with Crippen molar-refractivity contribution in [3.63, 3.8) is 0 Å². The second-order valence-corrected chi connectivity index (χ2v) is 5.34. The summed E-state index contributed by atoms with van der Waals surface area (Å²) in [4.78, 5) is 12.4. The third-order valence-electron chi connectivity index (χ3n) is 4.49. The lowest BCUT2D eigenvalue weighted by Gasteiger charge is -2.31. The molecule has 1 amide bonds. The minimum atomic E-state index is -0.0612. The molecule has 0 fully saturated rings. The smallest absolute Gasteiger partial charge is 0.251 e. The van der Waals surface area contributed by atoms with Gasteiger partial charge in [0.05, 0.1) is 0 Å². The standard InChI is InChI=1S/C16H24N2O/c1-4-16(5-2,6-3)18-15(19)13-7-8-14-12(11-13)9-10-17-14/h7-8,11,17H,4-6,9-10H2,1-3H3,(H,18,19). The molecule has 0 spiro atoms. The van der Waals surface area contributed by atoms with E-state index >= 15 is 0 Å². The predicted octanol–water partition coefficient (Wildman–Crippen LogP) is 3.35. The van der Waals surface area contributed by atoms with Crippen LogP contribution in [0.1, 0.15) is 56.0 Å². The van der Waals surface area contributed by atoms with E-state index in [9.17, 15) is 4.79 Å². The zero-order valence-corrected chi connectivity index (χ0v) is 12.2. The summed E-state index contributed by atoms with van der Waals surface area (Å²) in [5.41, 5.74) is 3.14. The van der Waals surface area contributed by atoms with Gasteiger partial charge in [0.1, 0.15) is 0 Å². The van der Waals surface area contributed by atoms with Gasteiger partial charge in [0, 0.05) is 23.3 Å². The molecule has 0 atom stereocenters. The van der Waals surface area contributed by atoms with Crippen molar-refractivity contribution < 1.29 is 4.79 Å². The van der Waals surface area contributed by atoms with Crippen molar-refractivity contribution in [3.8, 4) is 0 Å². The summed E-state index contributed by atoms with van der Waals surface area (Å²) in [7, 11) is 0. The summed E-state index contributed by atoms with van der Waals surface area (Å²) < 4.78 is 0. The number of nitrogens with one attached hydrogen (secondary N) is 2. The van der Waals surface area contributed by atoms with Gasteiger partial charge >= 0.3 is 0 Å². The molecule has 0 saturated heterocycles. The van der Waals surface area contributed by atoms with E-state index in [1.165, 1.54) is 11.3 Å². The lowest BCUT2D eigenvalue weighted by atomic mass is 9.89. The first kappa shape index (κ1) is 13.9. The van der Waals surface area contributed by atoms with Gasteiger partial charge in [-0.05, 0) is 49.4 Å². The van der Waals surface area contributed by atoms with Crippen LogP contribution in [0.25, 0.3) is 0 Å². The van der Waals surface area contributed by atoms with E-state index < -0.39 is 0 Å². The van der Waals surface area contributed by atoms with Crippen LogP contribution in [0.2, 0.25) is 0 Å². The molecule has 0 bridgehead atoms. The van der Waals surface area contributed by atoms with Gasteiger partial charge in [-0.15, -0.1) is 0 Å². The maximum Gasteiger partial charge on any atom is 0.251 e. The molecule has 0 aliphatic carbocycles. The van der Waals surface area contributed by atoms with Crippen LogP contribution >= 0.6 is 0 Å². The average molecular weight is 260 g/mol. The summed E-state index contributed by atoms with van der Waals surface area (Å²) in [6.07, 6.45) is 3.92. The van der Waals surface area contributed by atoms with Crippen LogP contribution in [0.15, 0.2) is 18.2 Å². The fourth-order valence-electron chi connectivity index (χ4n) is 2.77. The second-order valence-electron chi connectivity index (χ2n) is 5.34. The quantitative estimate of drug-likeness (QED) is 0.852. The van der Waals surface area contributed by atoms with E-state index in [0.29, 0.717) is 0 Å². The molecular formula is C16H24N2O. The first-order valence-corrected chi connectivity index (χ1v) is 7.33. The molecule has 0 saturated carbocycles. The highest BCUT2D eigenvalue weighted by molar-refractivity contribution is 5.95. The molecule has 0 unspecified atom stereocenters. The van der Waals surface area contributed by atoms with E-state index in [2.05, 4.69) is 31.4 Å². The maximum absolute atomic E-state index is 12.4. The van der Waals surface area contributed by atoms with E-state index in [4.69, 9.17) is 0 Å². The fraction of sp³-hybridized carbons (Fsp3) is 0.562. The van der Waals surface area contributed by atoms with Crippen LogP contribution in [0.3, 0.4) is 0 Å². The number of hydrogen-bond donors (Lipinski definition) is 2. The molecule has 1 aromatic rings. The molecule has 1 aliphatic rings. The number of fused-ring (bicyclic) bond motifs is 1. The predicted molar refractivity (Wildman–Crippen MR) is 79.7 cm³/mol. The lowest BCUT2D eigenvalue weighted by molar-refractivity contribution is 0.0888. The Morgan fingerprint density at radius 1 is 1.26 bits per heavy atom. The molecule has 0 radical (unpaired) electrons. The van der Waals surface area contributed by atoms with Crippen LogP contribution in [0.5, 0.6) is 0 Å². The molecular weight excluding hydrogens is 236 g/mol. The molecule has 0 aromatic heterocycles. The highest BCUT2D eigenvalue weighted by Crippen LogP contribution is 2.24. The Morgan fingerprint density at radius 2 is 1.95 bits per heavy atom. The van der Waals surface area contributed by atoms with Crippen molar-refractivity contribution in [3.05, 3.63) is 29.3 Å². The van der Waals surface area contributed by atoms with Gasteiger partial charge in [-0.1, -0.05) is 20.8 Å². The monoisotopic (exact) mass is 260 g/mol. The van der Waals surface area contributed by atoms with Gasteiger partial charge in [-0.25, -0.2) is 0 Å². The Balaban J connectivity index is 2.16. The van der Waals surface area contributed by atoms with Gasteiger partial charge in [-0.3, -0.25) is 4.79 Å². The van der Waals surface area contributed by atoms with Crippen molar-refractivity contribution in [1.29, 1.82) is 0 Å². The molecule has 2 N–H and O–H groups in total. The molecule has 3 nitrogen and oxygen atoms in total. The van der Waals surface area contributed by atoms with Crippen LogP contribution in [0, 0.1) is 0 Å². The Kier molecular flexibility index (Phi) is 4.13. The van der Waals surface area contributed by atoms with E-state index in [1.807, 2.05) is 18.2 Å². The number of anilines is 1. The molecule has 1 aromatic carbocycles. The van der Waals surface area contributed by atoms with E-state index in [1.54, 1.807) is 0 Å². The molecule has 104 valence electrons. The second kappa shape index (κ2) is 5.64. The third-order valence-corrected chi connectivity index (χ3v) is 4.49. The Labute approximate surface area is 115 Å². The van der Waals surface area contributed by atoms with E-state index in [-0.39, 0.29) is 11.4 Å². The minimum absolute atomic E-state index is 0.0558. The number of hydrogen-bond acceptors (Lipinski definition) is 2. The number of benzene rings is 1. The zero-order chi connectivity index (χ0) is 13.9. The van der Waals surface area contributed by atoms with Crippen LogP contribution in [-0.2, 0) is 6.42 Å². The highest BCUT2D eigenvalue weighted by Gasteiger charge is 2.26. The Hall–Kier alpha value is -1.51. The molecule has 1 aliphatic heterocycles. The van der Waals surface area contributed by atoms with Crippen molar-refractivity contribution in [1.82, 2.24) is 5.32 Å². The topological polar surface area (TPSA) is 41.1 Å². The number of carbonyl (C=O) groups is 1. The largest absolute Gasteiger partial charge is 0.384 e. The van der Waals surface area contributed by atoms with Crippen LogP contribution in [0.4, 0.5) is 5.69 Å². The summed E-state index contributed by atoms with van der Waals surface area (Å²) in [5, 5.41) is 6.54. The van der Waals surface area contributed by atoms with Crippen molar-refractivity contribution in [2.75, 3.05) is 11.9 Å². The molecule has 3 heteroatoms. The Morgan fingerprint density at radius 3 is 2.58 bits per heavy atom. The minimum Gasteiger partial charge on any atom is -0.384 e. The summed E-state index contributed by atoms with van der Waals surface area (Å²) in [6, 6.07) is 5.96. The van der Waals surface area contributed by atoms with Crippen LogP contribution in [-0.4, -0.2) is 18.0 Å². The molecule has 2 rings (SSSR count). The molecule has 19 heavy (non-hydrogen) atoms. The van der Waals surface area contributed by atoms with Gasteiger partial charge in [0.15, 0.2) is 0 Å². The van der Waals surface area contributed by atoms with Crippen LogP contribution < -0.4 is 10.6 Å². The SMILES string of the molecule is CCC(CC)(CC)NC(=O)c1ccc2c(c1)CCN2. The maximum atomic E-state index is 12.4. The van der Waals surface area contributed by atoms with Gasteiger partial charge in [-0.2, -0.15) is 0 Å². The average Bonchev–Trinajstić information content (AvgIpc) is 2.92. The number of rotatable bonds is 5. The van der Waals surface area contributed by atoms with E-state index in [0.717, 1.165) is 37.8 Å². The zero-order valence-electron chi connectivity index (χ0n) is 12.2. The Bertz CT molecular complexity index is 456. The molecule has 1 heterocycles. The van der Waals surface area contributed by atoms with Gasteiger partial charge in [0.25, 0.3) is 5.91 Å². The van der Waals surface area contributed by atoms with Gasteiger partial charge < -0.3 is 10.6 Å². The summed E-state index contributed by atoms with van der Waals surface area (Å²) in [5.74, 6) is 0.0558. The summed E-state index contributed by atoms with van der Waals surface area (Å²) >= 11 is 0. The van der Waals surface area contributed by atoms with Crippen molar-refractivity contribution in [2.24, 2.45) is 0 Å². The summed E-state index contributed by atoms with van der Waals surface area (Å²) in [6.45, 7) is 7.39. The lowest BCUT2D eigenvalue weighted by Crippen LogP contribution is -2.47. The number of carbonyl (C=O) groups excluding carboxylic acids is 1. The third kappa shape index (κ3) is 2.75. The van der Waals surface area contributed by atoms with Crippen molar-refractivity contribution >= 4 is 11.6 Å². The highest BCUT2D eigenvalue weighted by atomic mass is 16.1. The first-order chi connectivity index (χ1) is 9.14. The normalized spacial score (nSPS) is 13.8. The van der Waals surface area contributed by atoms with Crippen molar-refractivity contribution in [2.45, 2.75) is 52.0 Å². The fourth-order valence-corrected chi connectivity index (χ4v) is 2.77. The van der Waals surface area contributed by atoms with Gasteiger partial charge in [0.2, 0.25) is 0 Å².